The lowest BCUT2D eigenvalue weighted by atomic mass is 10.2. The van der Waals surface area contributed by atoms with Gasteiger partial charge < -0.3 is 9.47 Å². The molecule has 142 valence electrons. The van der Waals surface area contributed by atoms with Gasteiger partial charge in [-0.2, -0.15) is 0 Å². The van der Waals surface area contributed by atoms with Crippen molar-refractivity contribution in [3.05, 3.63) is 64.4 Å². The number of para-hydroxylation sites is 2. The molecule has 0 aliphatic heterocycles. The minimum atomic E-state index is -0.107. The number of rotatable bonds is 8. The second-order valence-corrected chi connectivity index (χ2v) is 7.16. The molecule has 3 rings (SSSR count). The van der Waals surface area contributed by atoms with Crippen molar-refractivity contribution in [2.45, 2.75) is 30.8 Å². The Morgan fingerprint density at radius 3 is 2.67 bits per heavy atom. The van der Waals surface area contributed by atoms with Gasteiger partial charge in [0.25, 0.3) is 5.56 Å². The number of thioether (sulfide) groups is 1. The molecule has 1 unspecified atom stereocenters. The Balaban J connectivity index is 2.00. The fourth-order valence-corrected chi connectivity index (χ4v) is 4.08. The lowest BCUT2D eigenvalue weighted by Crippen LogP contribution is -2.28. The average Bonchev–Trinajstić information content (AvgIpc) is 2.68. The monoisotopic (exact) mass is 384 g/mol. The Kier molecular flexibility index (Phi) is 6.53. The Labute approximate surface area is 163 Å². The third-order valence-corrected chi connectivity index (χ3v) is 5.25. The number of nitrogens with zero attached hydrogens (tertiary/aromatic N) is 2. The Morgan fingerprint density at radius 1 is 1.15 bits per heavy atom. The molecule has 3 aromatic rings. The molecule has 27 heavy (non-hydrogen) atoms. The summed E-state index contributed by atoms with van der Waals surface area (Å²) in [6.07, 6.45) is 0. The Hall–Kier alpha value is -2.31. The molecule has 0 bridgehead atoms. The highest BCUT2D eigenvalue weighted by Crippen LogP contribution is 2.28. The molecule has 0 saturated heterocycles. The average molecular weight is 385 g/mol. The molecular formula is C21H24N2O3S. The maximum Gasteiger partial charge on any atom is 0.262 e. The van der Waals surface area contributed by atoms with Crippen molar-refractivity contribution in [1.82, 2.24) is 9.55 Å². The van der Waals surface area contributed by atoms with Crippen molar-refractivity contribution in [1.29, 1.82) is 0 Å². The van der Waals surface area contributed by atoms with Gasteiger partial charge >= 0.3 is 0 Å². The lowest BCUT2D eigenvalue weighted by molar-refractivity contribution is 0.156. The molecule has 0 fully saturated rings. The van der Waals surface area contributed by atoms with Crippen LogP contribution in [0.4, 0.5) is 0 Å². The summed E-state index contributed by atoms with van der Waals surface area (Å²) in [6.45, 7) is 5.01. The molecule has 2 aromatic carbocycles. The van der Waals surface area contributed by atoms with E-state index >= 15 is 0 Å². The van der Waals surface area contributed by atoms with Gasteiger partial charge in [0.2, 0.25) is 0 Å². The van der Waals surface area contributed by atoms with Crippen LogP contribution in [-0.2, 0) is 10.5 Å². The predicted molar refractivity (Wildman–Crippen MR) is 110 cm³/mol. The van der Waals surface area contributed by atoms with E-state index in [1.807, 2.05) is 62.4 Å². The van der Waals surface area contributed by atoms with E-state index < -0.39 is 0 Å². The first-order valence-electron chi connectivity index (χ1n) is 8.99. The Bertz CT molecular complexity index is 971. The van der Waals surface area contributed by atoms with Gasteiger partial charge in [0.05, 0.1) is 30.2 Å². The molecule has 0 N–H and O–H groups in total. The maximum absolute atomic E-state index is 13.1. The SMILES string of the molecule is CCOc1ccccc1CSc1nc2ccccc2c(=O)n1C(C)COC. The molecule has 1 aromatic heterocycles. The molecule has 5 nitrogen and oxygen atoms in total. The van der Waals surface area contributed by atoms with Crippen molar-refractivity contribution in [2.75, 3.05) is 20.3 Å². The zero-order valence-electron chi connectivity index (χ0n) is 15.8. The van der Waals surface area contributed by atoms with Crippen LogP contribution in [0.2, 0.25) is 0 Å². The van der Waals surface area contributed by atoms with E-state index in [1.54, 1.807) is 11.7 Å². The van der Waals surface area contributed by atoms with Gasteiger partial charge in [-0.05, 0) is 32.0 Å². The van der Waals surface area contributed by atoms with E-state index in [2.05, 4.69) is 0 Å². The van der Waals surface area contributed by atoms with Crippen LogP contribution in [0.25, 0.3) is 10.9 Å². The second-order valence-electron chi connectivity index (χ2n) is 6.22. The fourth-order valence-electron chi connectivity index (χ4n) is 2.99. The van der Waals surface area contributed by atoms with Crippen LogP contribution >= 0.6 is 11.8 Å². The largest absolute Gasteiger partial charge is 0.494 e. The molecule has 6 heteroatoms. The Morgan fingerprint density at radius 2 is 1.89 bits per heavy atom. The number of fused-ring (bicyclic) bond motifs is 1. The summed E-state index contributed by atoms with van der Waals surface area (Å²) in [7, 11) is 1.64. The first-order chi connectivity index (χ1) is 13.2. The molecule has 1 atom stereocenters. The van der Waals surface area contributed by atoms with E-state index in [-0.39, 0.29) is 11.6 Å². The van der Waals surface area contributed by atoms with Crippen LogP contribution in [0.15, 0.2) is 58.5 Å². The summed E-state index contributed by atoms with van der Waals surface area (Å²) < 4.78 is 12.7. The third-order valence-electron chi connectivity index (χ3n) is 4.25. The number of hydrogen-bond acceptors (Lipinski definition) is 5. The summed E-state index contributed by atoms with van der Waals surface area (Å²) in [5.74, 6) is 1.54. The first kappa shape index (κ1) is 19.5. The van der Waals surface area contributed by atoms with Gasteiger partial charge in [-0.25, -0.2) is 4.98 Å². The zero-order valence-corrected chi connectivity index (χ0v) is 16.7. The molecule has 1 heterocycles. The van der Waals surface area contributed by atoms with E-state index in [0.29, 0.717) is 35.0 Å². The summed E-state index contributed by atoms with van der Waals surface area (Å²) in [5, 5.41) is 1.31. The lowest BCUT2D eigenvalue weighted by Gasteiger charge is -2.19. The summed E-state index contributed by atoms with van der Waals surface area (Å²) in [4.78, 5) is 17.8. The van der Waals surface area contributed by atoms with E-state index in [1.165, 1.54) is 11.8 Å². The molecule has 0 spiro atoms. The minimum absolute atomic E-state index is 0.0363. The van der Waals surface area contributed by atoms with Crippen molar-refractivity contribution < 1.29 is 9.47 Å². The fraction of sp³-hybridized carbons (Fsp3) is 0.333. The van der Waals surface area contributed by atoms with Gasteiger partial charge in [-0.15, -0.1) is 0 Å². The van der Waals surface area contributed by atoms with E-state index in [9.17, 15) is 4.79 Å². The van der Waals surface area contributed by atoms with Crippen molar-refractivity contribution >= 4 is 22.7 Å². The van der Waals surface area contributed by atoms with Crippen LogP contribution in [0, 0.1) is 0 Å². The smallest absolute Gasteiger partial charge is 0.262 e. The standard InChI is InChI=1S/C21H24N2O3S/c1-4-26-19-12-8-5-9-16(19)14-27-21-22-18-11-7-6-10-17(18)20(24)23(21)15(2)13-25-3/h5-12,15H,4,13-14H2,1-3H3. The van der Waals surface area contributed by atoms with Crippen molar-refractivity contribution in [3.8, 4) is 5.75 Å². The van der Waals surface area contributed by atoms with Gasteiger partial charge in [0, 0.05) is 18.4 Å². The van der Waals surface area contributed by atoms with Crippen molar-refractivity contribution in [3.63, 3.8) is 0 Å². The topological polar surface area (TPSA) is 53.3 Å². The third kappa shape index (κ3) is 4.34. The van der Waals surface area contributed by atoms with E-state index in [0.717, 1.165) is 11.3 Å². The molecule has 0 amide bonds. The first-order valence-corrected chi connectivity index (χ1v) is 9.98. The minimum Gasteiger partial charge on any atom is -0.494 e. The summed E-state index contributed by atoms with van der Waals surface area (Å²) >= 11 is 1.54. The molecule has 0 aliphatic carbocycles. The number of aromatic nitrogens is 2. The highest BCUT2D eigenvalue weighted by atomic mass is 32.2. The quantitative estimate of drug-likeness (QED) is 0.428. The van der Waals surface area contributed by atoms with E-state index in [4.69, 9.17) is 14.5 Å². The highest BCUT2D eigenvalue weighted by Gasteiger charge is 2.17. The second kappa shape index (κ2) is 9.06. The van der Waals surface area contributed by atoms with Crippen molar-refractivity contribution in [2.24, 2.45) is 0 Å². The van der Waals surface area contributed by atoms with Gasteiger partial charge in [-0.1, -0.05) is 42.1 Å². The maximum atomic E-state index is 13.1. The van der Waals surface area contributed by atoms with Gasteiger partial charge in [0.1, 0.15) is 5.75 Å². The molecular weight excluding hydrogens is 360 g/mol. The predicted octanol–water partition coefficient (Wildman–Crippen LogP) is 4.29. The number of ether oxygens (including phenoxy) is 2. The normalized spacial score (nSPS) is 12.3. The summed E-state index contributed by atoms with van der Waals surface area (Å²) in [5.41, 5.74) is 1.76. The van der Waals surface area contributed by atoms with Crippen LogP contribution in [0.3, 0.4) is 0 Å². The number of methoxy groups -OCH3 is 1. The van der Waals surface area contributed by atoms with Crippen LogP contribution in [-0.4, -0.2) is 29.9 Å². The zero-order chi connectivity index (χ0) is 19.2. The molecule has 0 radical (unpaired) electrons. The van der Waals surface area contributed by atoms with Crippen LogP contribution in [0.1, 0.15) is 25.5 Å². The van der Waals surface area contributed by atoms with Crippen LogP contribution in [0.5, 0.6) is 5.75 Å². The van der Waals surface area contributed by atoms with Crippen LogP contribution < -0.4 is 10.3 Å². The summed E-state index contributed by atoms with van der Waals surface area (Å²) in [6, 6.07) is 15.3. The van der Waals surface area contributed by atoms with Gasteiger partial charge in [-0.3, -0.25) is 9.36 Å². The molecule has 0 saturated carbocycles. The number of hydrogen-bond donors (Lipinski definition) is 0. The number of benzene rings is 2. The van der Waals surface area contributed by atoms with Gasteiger partial charge in [0.15, 0.2) is 5.16 Å². The highest BCUT2D eigenvalue weighted by molar-refractivity contribution is 7.98. The molecule has 0 aliphatic rings.